The van der Waals surface area contributed by atoms with Crippen LogP contribution in [0.2, 0.25) is 0 Å². The molecule has 0 heterocycles. The van der Waals surface area contributed by atoms with Gasteiger partial charge in [-0.25, -0.2) is 0 Å². The van der Waals surface area contributed by atoms with Crippen molar-refractivity contribution in [1.82, 2.24) is 10.2 Å². The standard InChI is InChI=1S/C14H21N3O2S/c1-10(18)16-12-6-5-11(9-13(12)20-4)14(19)17(3)8-7-15-2/h5-6,9,15H,7-8H2,1-4H3,(H,16,18). The largest absolute Gasteiger partial charge is 0.340 e. The third kappa shape index (κ3) is 4.54. The van der Waals surface area contributed by atoms with E-state index in [2.05, 4.69) is 10.6 Å². The number of hydrogen-bond donors (Lipinski definition) is 2. The molecule has 2 amide bonds. The second kappa shape index (κ2) is 7.91. The number of thioether (sulfide) groups is 1. The van der Waals surface area contributed by atoms with Crippen molar-refractivity contribution < 1.29 is 9.59 Å². The van der Waals surface area contributed by atoms with Gasteiger partial charge in [0.25, 0.3) is 5.91 Å². The molecule has 0 fully saturated rings. The van der Waals surface area contributed by atoms with Crippen LogP contribution in [0.25, 0.3) is 0 Å². The van der Waals surface area contributed by atoms with Crippen LogP contribution >= 0.6 is 11.8 Å². The van der Waals surface area contributed by atoms with Gasteiger partial charge in [0, 0.05) is 37.5 Å². The molecule has 0 saturated carbocycles. The average molecular weight is 295 g/mol. The molecular weight excluding hydrogens is 274 g/mol. The van der Waals surface area contributed by atoms with Crippen molar-refractivity contribution in [2.75, 3.05) is 38.8 Å². The van der Waals surface area contributed by atoms with E-state index >= 15 is 0 Å². The molecule has 1 rings (SSSR count). The zero-order valence-electron chi connectivity index (χ0n) is 12.3. The molecule has 1 aromatic rings. The van der Waals surface area contributed by atoms with Gasteiger partial charge in [0.1, 0.15) is 0 Å². The summed E-state index contributed by atoms with van der Waals surface area (Å²) in [5.41, 5.74) is 1.36. The normalized spacial score (nSPS) is 10.2. The molecular formula is C14H21N3O2S. The lowest BCUT2D eigenvalue weighted by molar-refractivity contribution is -0.114. The summed E-state index contributed by atoms with van der Waals surface area (Å²) < 4.78 is 0. The van der Waals surface area contributed by atoms with Gasteiger partial charge in [0.2, 0.25) is 5.91 Å². The number of hydrogen-bond acceptors (Lipinski definition) is 4. The van der Waals surface area contributed by atoms with Gasteiger partial charge < -0.3 is 15.5 Å². The summed E-state index contributed by atoms with van der Waals surface area (Å²) in [7, 11) is 3.63. The smallest absolute Gasteiger partial charge is 0.253 e. The molecule has 0 aliphatic carbocycles. The second-order valence-corrected chi connectivity index (χ2v) is 5.27. The first-order valence-electron chi connectivity index (χ1n) is 6.35. The molecule has 5 nitrogen and oxygen atoms in total. The number of rotatable bonds is 6. The van der Waals surface area contributed by atoms with Gasteiger partial charge in [0.15, 0.2) is 0 Å². The van der Waals surface area contributed by atoms with Gasteiger partial charge >= 0.3 is 0 Å². The summed E-state index contributed by atoms with van der Waals surface area (Å²) in [6.07, 6.45) is 1.92. The number of amides is 2. The van der Waals surface area contributed by atoms with Crippen LogP contribution in [0.3, 0.4) is 0 Å². The second-order valence-electron chi connectivity index (χ2n) is 4.43. The molecule has 0 aliphatic heterocycles. The third-order valence-corrected chi connectivity index (χ3v) is 3.58. The molecule has 0 unspecified atom stereocenters. The summed E-state index contributed by atoms with van der Waals surface area (Å²) in [6, 6.07) is 5.32. The molecule has 0 radical (unpaired) electrons. The monoisotopic (exact) mass is 295 g/mol. The molecule has 1 aromatic carbocycles. The van der Waals surface area contributed by atoms with E-state index in [1.54, 1.807) is 24.1 Å². The highest BCUT2D eigenvalue weighted by Crippen LogP contribution is 2.27. The van der Waals surface area contributed by atoms with E-state index in [1.807, 2.05) is 19.4 Å². The van der Waals surface area contributed by atoms with Crippen LogP contribution in [0, 0.1) is 0 Å². The van der Waals surface area contributed by atoms with Crippen LogP contribution in [-0.4, -0.2) is 50.2 Å². The average Bonchev–Trinajstić information content (AvgIpc) is 2.43. The van der Waals surface area contributed by atoms with Gasteiger partial charge in [-0.2, -0.15) is 0 Å². The number of likely N-dealkylation sites (N-methyl/N-ethyl adjacent to an activating group) is 2. The van der Waals surface area contributed by atoms with Crippen LogP contribution in [0.1, 0.15) is 17.3 Å². The van der Waals surface area contributed by atoms with Crippen molar-refractivity contribution >= 4 is 29.3 Å². The predicted octanol–water partition coefficient (Wildman–Crippen LogP) is 1.66. The minimum absolute atomic E-state index is 0.0232. The zero-order valence-corrected chi connectivity index (χ0v) is 13.1. The highest BCUT2D eigenvalue weighted by atomic mass is 32.2. The number of carbonyl (C=O) groups is 2. The van der Waals surface area contributed by atoms with Crippen LogP contribution in [0.5, 0.6) is 0 Å². The van der Waals surface area contributed by atoms with Crippen molar-refractivity contribution in [3.63, 3.8) is 0 Å². The number of carbonyl (C=O) groups excluding carboxylic acids is 2. The van der Waals surface area contributed by atoms with Gasteiger partial charge in [-0.15, -0.1) is 11.8 Å². The van der Waals surface area contributed by atoms with E-state index in [-0.39, 0.29) is 11.8 Å². The summed E-state index contributed by atoms with van der Waals surface area (Å²) in [5.74, 6) is -0.143. The van der Waals surface area contributed by atoms with Gasteiger partial charge in [-0.1, -0.05) is 0 Å². The molecule has 2 N–H and O–H groups in total. The highest BCUT2D eigenvalue weighted by molar-refractivity contribution is 7.98. The Morgan fingerprint density at radius 3 is 2.60 bits per heavy atom. The summed E-state index contributed by atoms with van der Waals surface area (Å²) in [6.45, 7) is 2.87. The predicted molar refractivity (Wildman–Crippen MR) is 83.4 cm³/mol. The van der Waals surface area contributed by atoms with Crippen molar-refractivity contribution in [1.29, 1.82) is 0 Å². The SMILES string of the molecule is CNCCN(C)C(=O)c1ccc(NC(C)=O)c(SC)c1. The molecule has 110 valence electrons. The number of anilines is 1. The molecule has 0 aliphatic rings. The number of nitrogens with zero attached hydrogens (tertiary/aromatic N) is 1. The fourth-order valence-corrected chi connectivity index (χ4v) is 2.30. The first-order chi connectivity index (χ1) is 9.49. The Bertz CT molecular complexity index is 491. The van der Waals surface area contributed by atoms with Crippen molar-refractivity contribution in [3.8, 4) is 0 Å². The van der Waals surface area contributed by atoms with Crippen molar-refractivity contribution in [3.05, 3.63) is 23.8 Å². The Balaban J connectivity index is 2.91. The fraction of sp³-hybridized carbons (Fsp3) is 0.429. The van der Waals surface area contributed by atoms with Gasteiger partial charge in [0.05, 0.1) is 5.69 Å². The van der Waals surface area contributed by atoms with Crippen molar-refractivity contribution in [2.45, 2.75) is 11.8 Å². The lowest BCUT2D eigenvalue weighted by Crippen LogP contribution is -2.32. The van der Waals surface area contributed by atoms with Gasteiger partial charge in [-0.3, -0.25) is 9.59 Å². The zero-order chi connectivity index (χ0) is 15.1. The van der Waals surface area contributed by atoms with Gasteiger partial charge in [-0.05, 0) is 31.5 Å². The first kappa shape index (κ1) is 16.5. The molecule has 20 heavy (non-hydrogen) atoms. The maximum absolute atomic E-state index is 12.3. The van der Waals surface area contributed by atoms with E-state index in [0.717, 1.165) is 17.1 Å². The molecule has 0 saturated heterocycles. The maximum Gasteiger partial charge on any atom is 0.253 e. The first-order valence-corrected chi connectivity index (χ1v) is 7.57. The van der Waals surface area contributed by atoms with E-state index in [0.29, 0.717) is 12.1 Å². The number of benzene rings is 1. The van der Waals surface area contributed by atoms with E-state index in [4.69, 9.17) is 0 Å². The Labute approximate surface area is 124 Å². The minimum Gasteiger partial charge on any atom is -0.340 e. The quantitative estimate of drug-likeness (QED) is 0.784. The summed E-state index contributed by atoms with van der Waals surface area (Å²) in [5, 5.41) is 5.77. The Morgan fingerprint density at radius 2 is 2.05 bits per heavy atom. The van der Waals surface area contributed by atoms with E-state index in [1.165, 1.54) is 18.7 Å². The Morgan fingerprint density at radius 1 is 1.35 bits per heavy atom. The van der Waals surface area contributed by atoms with Crippen LogP contribution in [-0.2, 0) is 4.79 Å². The topological polar surface area (TPSA) is 61.4 Å². The maximum atomic E-state index is 12.3. The van der Waals surface area contributed by atoms with E-state index < -0.39 is 0 Å². The molecule has 0 aromatic heterocycles. The highest BCUT2D eigenvalue weighted by Gasteiger charge is 2.13. The Kier molecular flexibility index (Phi) is 6.54. The Hall–Kier alpha value is -1.53. The number of nitrogens with one attached hydrogen (secondary N) is 2. The molecule has 0 bridgehead atoms. The third-order valence-electron chi connectivity index (χ3n) is 2.80. The lowest BCUT2D eigenvalue weighted by atomic mass is 10.2. The molecule has 0 spiro atoms. The summed E-state index contributed by atoms with van der Waals surface area (Å²) >= 11 is 1.50. The van der Waals surface area contributed by atoms with Crippen LogP contribution in [0.4, 0.5) is 5.69 Å². The summed E-state index contributed by atoms with van der Waals surface area (Å²) in [4.78, 5) is 25.9. The lowest BCUT2D eigenvalue weighted by Gasteiger charge is -2.18. The molecule has 0 atom stereocenters. The van der Waals surface area contributed by atoms with Crippen LogP contribution < -0.4 is 10.6 Å². The minimum atomic E-state index is -0.120. The van der Waals surface area contributed by atoms with E-state index in [9.17, 15) is 9.59 Å². The van der Waals surface area contributed by atoms with Crippen LogP contribution in [0.15, 0.2) is 23.1 Å². The molecule has 6 heteroatoms. The fourth-order valence-electron chi connectivity index (χ4n) is 1.72. The van der Waals surface area contributed by atoms with Crippen molar-refractivity contribution in [2.24, 2.45) is 0 Å².